The van der Waals surface area contributed by atoms with Gasteiger partial charge in [0, 0.05) is 42.8 Å². The Hall–Kier alpha value is -2.62. The number of anilines is 2. The average Bonchev–Trinajstić information content (AvgIpc) is 3.44. The first-order valence-electron chi connectivity index (χ1n) is 11.0. The van der Waals surface area contributed by atoms with Crippen molar-refractivity contribution in [1.82, 2.24) is 25.2 Å². The fourth-order valence-electron chi connectivity index (χ4n) is 4.74. The molecule has 2 aromatic heterocycles. The number of nitrogens with zero attached hydrogens (tertiary/aromatic N) is 5. The van der Waals surface area contributed by atoms with Gasteiger partial charge in [0.1, 0.15) is 6.10 Å². The highest BCUT2D eigenvalue weighted by Crippen LogP contribution is 2.32. The van der Waals surface area contributed by atoms with Gasteiger partial charge in [-0.25, -0.2) is 5.10 Å². The monoisotopic (exact) mass is 457 g/mol. The third kappa shape index (κ3) is 4.60. The number of halogens is 1. The summed E-state index contributed by atoms with van der Waals surface area (Å²) in [6.45, 7) is 5.14. The van der Waals surface area contributed by atoms with Gasteiger partial charge in [0.05, 0.1) is 12.3 Å². The second-order valence-electron chi connectivity index (χ2n) is 8.61. The van der Waals surface area contributed by atoms with Crippen LogP contribution in [0.15, 0.2) is 34.9 Å². The maximum Gasteiger partial charge on any atom is 0.246 e. The number of rotatable bonds is 5. The van der Waals surface area contributed by atoms with Gasteiger partial charge >= 0.3 is 0 Å². The average molecular weight is 458 g/mol. The highest BCUT2D eigenvalue weighted by Gasteiger charge is 2.37. The van der Waals surface area contributed by atoms with Crippen molar-refractivity contribution in [2.24, 2.45) is 0 Å². The Balaban J connectivity index is 1.31. The summed E-state index contributed by atoms with van der Waals surface area (Å²) in [7, 11) is 0. The van der Waals surface area contributed by atoms with Gasteiger partial charge < -0.3 is 19.9 Å². The van der Waals surface area contributed by atoms with E-state index in [2.05, 4.69) is 42.3 Å². The first kappa shape index (κ1) is 21.2. The summed E-state index contributed by atoms with van der Waals surface area (Å²) < 4.78 is 11.8. The molecule has 0 unspecified atom stereocenters. The Labute approximate surface area is 191 Å². The van der Waals surface area contributed by atoms with Gasteiger partial charge in [-0.05, 0) is 43.9 Å². The number of hydrogen-bond donors (Lipinski definition) is 2. The zero-order chi connectivity index (χ0) is 22.1. The number of nitrogen functional groups attached to an aromatic ring is 1. The molecule has 0 bridgehead atoms. The second kappa shape index (κ2) is 9.09. The number of nitrogens with two attached hydrogens (primary N) is 1. The Morgan fingerprint density at radius 2 is 2.00 bits per heavy atom. The minimum atomic E-state index is -0.108. The smallest absolute Gasteiger partial charge is 0.246 e. The molecule has 2 saturated heterocycles. The number of aromatic amines is 1. The van der Waals surface area contributed by atoms with Crippen molar-refractivity contribution in [3.63, 3.8) is 0 Å². The van der Waals surface area contributed by atoms with Crippen molar-refractivity contribution in [1.29, 1.82) is 0 Å². The van der Waals surface area contributed by atoms with E-state index >= 15 is 0 Å². The maximum absolute atomic E-state index is 6.25. The fraction of sp³-hybridized carbons (Fsp3) is 0.500. The van der Waals surface area contributed by atoms with E-state index < -0.39 is 0 Å². The summed E-state index contributed by atoms with van der Waals surface area (Å²) in [6, 6.07) is 10.8. The van der Waals surface area contributed by atoms with Gasteiger partial charge in [0.15, 0.2) is 5.76 Å². The number of benzene rings is 1. The van der Waals surface area contributed by atoms with Crippen LogP contribution in [0.2, 0.25) is 5.02 Å². The number of aromatic nitrogens is 4. The topological polar surface area (TPSA) is 109 Å². The summed E-state index contributed by atoms with van der Waals surface area (Å²) in [5, 5.41) is 11.7. The SMILES string of the molecule is Cc1cc([C@H]2CN(C3CCN(c4n[nH]c(N)n4)CC3)[C@@H](Cc3ccc(Cl)cc3)CO2)on1. The molecule has 2 atom stereocenters. The van der Waals surface area contributed by atoms with Crippen LogP contribution >= 0.6 is 11.6 Å². The normalized spacial score (nSPS) is 23.0. The van der Waals surface area contributed by atoms with Crippen LogP contribution in [-0.4, -0.2) is 63.6 Å². The standard InChI is InChI=1S/C22H28ClN7O2/c1-14-10-19(32-28-14)20-12-30(18(13-31-20)11-15-2-4-16(23)5-3-15)17-6-8-29(9-7-17)22-25-21(24)26-27-22/h2-5,10,17-18,20H,6-9,11-13H2,1H3,(H3,24,25,26,27)/t18-,20+/m0/s1. The number of piperidine rings is 1. The van der Waals surface area contributed by atoms with Crippen molar-refractivity contribution in [2.75, 3.05) is 36.9 Å². The van der Waals surface area contributed by atoms with Gasteiger partial charge in [-0.3, -0.25) is 4.90 Å². The molecule has 5 rings (SSSR count). The number of ether oxygens (including phenoxy) is 1. The van der Waals surface area contributed by atoms with Crippen LogP contribution in [0.5, 0.6) is 0 Å². The molecule has 32 heavy (non-hydrogen) atoms. The van der Waals surface area contributed by atoms with Crippen LogP contribution in [0, 0.1) is 6.92 Å². The first-order chi connectivity index (χ1) is 15.5. The van der Waals surface area contributed by atoms with E-state index in [1.54, 1.807) is 0 Å². The Kier molecular flexibility index (Phi) is 6.03. The molecule has 170 valence electrons. The van der Waals surface area contributed by atoms with Gasteiger partial charge in [0.25, 0.3) is 0 Å². The Morgan fingerprint density at radius 1 is 1.22 bits per heavy atom. The van der Waals surface area contributed by atoms with Gasteiger partial charge in [-0.1, -0.05) is 28.9 Å². The van der Waals surface area contributed by atoms with Crippen molar-refractivity contribution in [3.05, 3.63) is 52.4 Å². The predicted octanol–water partition coefficient (Wildman–Crippen LogP) is 2.99. The molecule has 9 nitrogen and oxygen atoms in total. The molecule has 10 heteroatoms. The van der Waals surface area contributed by atoms with Crippen LogP contribution in [0.25, 0.3) is 0 Å². The number of morpholine rings is 1. The highest BCUT2D eigenvalue weighted by molar-refractivity contribution is 6.30. The zero-order valence-electron chi connectivity index (χ0n) is 18.1. The molecule has 3 aromatic rings. The number of nitrogens with one attached hydrogen (secondary N) is 1. The van der Waals surface area contributed by atoms with Crippen molar-refractivity contribution < 1.29 is 9.26 Å². The molecule has 0 aliphatic carbocycles. The van der Waals surface area contributed by atoms with E-state index in [1.165, 1.54) is 5.56 Å². The van der Waals surface area contributed by atoms with E-state index in [0.29, 0.717) is 24.5 Å². The quantitative estimate of drug-likeness (QED) is 0.601. The van der Waals surface area contributed by atoms with E-state index in [4.69, 9.17) is 26.6 Å². The molecule has 1 aromatic carbocycles. The van der Waals surface area contributed by atoms with Crippen molar-refractivity contribution in [3.8, 4) is 0 Å². The van der Waals surface area contributed by atoms with E-state index in [-0.39, 0.29) is 12.1 Å². The number of hydrogen-bond acceptors (Lipinski definition) is 8. The van der Waals surface area contributed by atoms with Crippen LogP contribution in [-0.2, 0) is 11.2 Å². The van der Waals surface area contributed by atoms with E-state index in [0.717, 1.165) is 55.4 Å². The third-order valence-electron chi connectivity index (χ3n) is 6.39. The minimum Gasteiger partial charge on any atom is -0.368 e. The largest absolute Gasteiger partial charge is 0.368 e. The Bertz CT molecular complexity index is 1030. The molecule has 0 radical (unpaired) electrons. The molecule has 4 heterocycles. The summed E-state index contributed by atoms with van der Waals surface area (Å²) in [5.74, 6) is 1.82. The number of H-pyrrole nitrogens is 1. The van der Waals surface area contributed by atoms with Crippen molar-refractivity contribution in [2.45, 2.75) is 44.4 Å². The third-order valence-corrected chi connectivity index (χ3v) is 6.64. The number of aryl methyl sites for hydroxylation is 1. The van der Waals surface area contributed by atoms with Gasteiger partial charge in [0.2, 0.25) is 11.9 Å². The second-order valence-corrected chi connectivity index (χ2v) is 9.05. The van der Waals surface area contributed by atoms with Crippen molar-refractivity contribution >= 4 is 23.5 Å². The summed E-state index contributed by atoms with van der Waals surface area (Å²) in [4.78, 5) is 9.07. The molecule has 2 aliphatic rings. The molecule has 0 spiro atoms. The Morgan fingerprint density at radius 3 is 2.66 bits per heavy atom. The summed E-state index contributed by atoms with van der Waals surface area (Å²) >= 11 is 6.08. The zero-order valence-corrected chi connectivity index (χ0v) is 18.8. The lowest BCUT2D eigenvalue weighted by Crippen LogP contribution is -2.55. The molecular weight excluding hydrogens is 430 g/mol. The molecule has 3 N–H and O–H groups in total. The van der Waals surface area contributed by atoms with Crippen LogP contribution in [0.3, 0.4) is 0 Å². The lowest BCUT2D eigenvalue weighted by molar-refractivity contribution is -0.0923. The van der Waals surface area contributed by atoms with Crippen LogP contribution in [0.4, 0.5) is 11.9 Å². The van der Waals surface area contributed by atoms with Gasteiger partial charge in [-0.15, -0.1) is 5.10 Å². The maximum atomic E-state index is 6.25. The molecule has 0 amide bonds. The van der Waals surface area contributed by atoms with E-state index in [1.807, 2.05) is 25.1 Å². The molecule has 2 fully saturated rings. The lowest BCUT2D eigenvalue weighted by atomic mass is 9.96. The fourth-order valence-corrected chi connectivity index (χ4v) is 4.87. The minimum absolute atomic E-state index is 0.108. The van der Waals surface area contributed by atoms with E-state index in [9.17, 15) is 0 Å². The van der Waals surface area contributed by atoms with Gasteiger partial charge in [-0.2, -0.15) is 4.98 Å². The van der Waals surface area contributed by atoms with Crippen LogP contribution < -0.4 is 10.6 Å². The predicted molar refractivity (Wildman–Crippen MR) is 122 cm³/mol. The molecular formula is C22H28ClN7O2. The molecule has 2 aliphatic heterocycles. The summed E-state index contributed by atoms with van der Waals surface area (Å²) in [6.07, 6.45) is 2.85. The van der Waals surface area contributed by atoms with Crippen LogP contribution in [0.1, 0.15) is 36.0 Å². The first-order valence-corrected chi connectivity index (χ1v) is 11.4. The summed E-state index contributed by atoms with van der Waals surface area (Å²) in [5.41, 5.74) is 7.83. The highest BCUT2D eigenvalue weighted by atomic mass is 35.5. The molecule has 0 saturated carbocycles. The lowest BCUT2D eigenvalue weighted by Gasteiger charge is -2.46.